The van der Waals surface area contributed by atoms with E-state index in [0.29, 0.717) is 12.6 Å². The lowest BCUT2D eigenvalue weighted by molar-refractivity contribution is 0.646. The normalized spacial score (nSPS) is 12.6. The molecule has 0 amide bonds. The zero-order valence-electron chi connectivity index (χ0n) is 9.07. The Labute approximate surface area is 85.2 Å². The zero-order valence-corrected chi connectivity index (χ0v) is 9.07. The molecule has 1 rings (SSSR count). The fraction of sp³-hybridized carbons (Fsp3) is 0.600. The van der Waals surface area contributed by atoms with Gasteiger partial charge in [0.05, 0.1) is 5.69 Å². The van der Waals surface area contributed by atoms with Gasteiger partial charge in [0, 0.05) is 25.8 Å². The number of nitrogens with two attached hydrogens (primary N) is 1. The number of anilines is 1. The largest absolute Gasteiger partial charge is 0.341 e. The lowest BCUT2D eigenvalue weighted by Gasteiger charge is -2.23. The van der Waals surface area contributed by atoms with Crippen molar-refractivity contribution in [1.82, 2.24) is 9.97 Å². The summed E-state index contributed by atoms with van der Waals surface area (Å²) in [6.07, 6.45) is 2.83. The van der Waals surface area contributed by atoms with Gasteiger partial charge < -0.3 is 10.6 Å². The molecule has 0 spiro atoms. The second kappa shape index (κ2) is 4.91. The highest BCUT2D eigenvalue weighted by molar-refractivity contribution is 5.30. The van der Waals surface area contributed by atoms with E-state index < -0.39 is 0 Å². The van der Waals surface area contributed by atoms with Gasteiger partial charge in [-0.15, -0.1) is 0 Å². The highest BCUT2D eigenvalue weighted by Gasteiger charge is 2.10. The van der Waals surface area contributed by atoms with Crippen molar-refractivity contribution in [3.63, 3.8) is 0 Å². The van der Waals surface area contributed by atoms with Gasteiger partial charge in [0.15, 0.2) is 0 Å². The maximum Gasteiger partial charge on any atom is 0.225 e. The zero-order chi connectivity index (χ0) is 10.6. The lowest BCUT2D eigenvalue weighted by atomic mass is 10.2. The number of hydrogen-bond acceptors (Lipinski definition) is 4. The highest BCUT2D eigenvalue weighted by atomic mass is 15.2. The van der Waals surface area contributed by atoms with Crippen LogP contribution in [-0.2, 0) is 6.54 Å². The fourth-order valence-corrected chi connectivity index (χ4v) is 1.14. The second-order valence-electron chi connectivity index (χ2n) is 3.42. The Morgan fingerprint density at radius 1 is 1.57 bits per heavy atom. The number of rotatable bonds is 4. The third-order valence-corrected chi connectivity index (χ3v) is 2.48. The maximum absolute atomic E-state index is 5.52. The van der Waals surface area contributed by atoms with Crippen LogP contribution in [0.3, 0.4) is 0 Å². The fourth-order valence-electron chi connectivity index (χ4n) is 1.14. The van der Waals surface area contributed by atoms with Crippen molar-refractivity contribution in [2.75, 3.05) is 11.9 Å². The first kappa shape index (κ1) is 10.9. The third kappa shape index (κ3) is 2.42. The summed E-state index contributed by atoms with van der Waals surface area (Å²) in [6.45, 7) is 4.76. The van der Waals surface area contributed by atoms with Crippen molar-refractivity contribution >= 4 is 5.95 Å². The van der Waals surface area contributed by atoms with E-state index in [-0.39, 0.29) is 0 Å². The molecule has 0 bridgehead atoms. The molecule has 0 aliphatic carbocycles. The van der Waals surface area contributed by atoms with Gasteiger partial charge in [-0.25, -0.2) is 9.97 Å². The summed E-state index contributed by atoms with van der Waals surface area (Å²) in [7, 11) is 2.00. The van der Waals surface area contributed by atoms with E-state index >= 15 is 0 Å². The molecular formula is C10H18N4. The molecule has 1 aromatic heterocycles. The van der Waals surface area contributed by atoms with Crippen LogP contribution in [0.25, 0.3) is 0 Å². The smallest absolute Gasteiger partial charge is 0.225 e. The average molecular weight is 194 g/mol. The molecule has 78 valence electrons. The summed E-state index contributed by atoms with van der Waals surface area (Å²) in [5.74, 6) is 0.752. The van der Waals surface area contributed by atoms with Gasteiger partial charge in [-0.3, -0.25) is 0 Å². The van der Waals surface area contributed by atoms with Crippen LogP contribution in [0.1, 0.15) is 26.0 Å². The number of nitrogens with zero attached hydrogens (tertiary/aromatic N) is 3. The Balaban J connectivity index is 2.83. The Bertz CT molecular complexity index is 287. The molecule has 4 heteroatoms. The monoisotopic (exact) mass is 194 g/mol. The number of aromatic nitrogens is 2. The molecule has 0 aliphatic heterocycles. The highest BCUT2D eigenvalue weighted by Crippen LogP contribution is 2.10. The van der Waals surface area contributed by atoms with Gasteiger partial charge in [0.25, 0.3) is 0 Å². The van der Waals surface area contributed by atoms with Crippen LogP contribution < -0.4 is 10.6 Å². The molecule has 4 nitrogen and oxygen atoms in total. The van der Waals surface area contributed by atoms with E-state index in [0.717, 1.165) is 18.1 Å². The van der Waals surface area contributed by atoms with Gasteiger partial charge >= 0.3 is 0 Å². The van der Waals surface area contributed by atoms with Crippen molar-refractivity contribution in [3.05, 3.63) is 18.0 Å². The maximum atomic E-state index is 5.52. The summed E-state index contributed by atoms with van der Waals surface area (Å²) in [4.78, 5) is 10.6. The van der Waals surface area contributed by atoms with Crippen LogP contribution in [0.15, 0.2) is 12.3 Å². The van der Waals surface area contributed by atoms with E-state index in [1.54, 1.807) is 6.20 Å². The first-order chi connectivity index (χ1) is 6.69. The van der Waals surface area contributed by atoms with Crippen LogP contribution in [0.4, 0.5) is 5.95 Å². The van der Waals surface area contributed by atoms with E-state index in [4.69, 9.17) is 5.73 Å². The molecule has 0 radical (unpaired) electrons. The second-order valence-corrected chi connectivity index (χ2v) is 3.42. The van der Waals surface area contributed by atoms with E-state index in [2.05, 4.69) is 28.7 Å². The van der Waals surface area contributed by atoms with Crippen molar-refractivity contribution in [1.29, 1.82) is 0 Å². The molecule has 0 aromatic carbocycles. The number of hydrogen-bond donors (Lipinski definition) is 1. The van der Waals surface area contributed by atoms with Gasteiger partial charge in [0.1, 0.15) is 0 Å². The molecule has 1 aromatic rings. The molecular weight excluding hydrogens is 176 g/mol. The molecule has 1 atom stereocenters. The summed E-state index contributed by atoms with van der Waals surface area (Å²) < 4.78 is 0. The van der Waals surface area contributed by atoms with Crippen molar-refractivity contribution in [2.24, 2.45) is 5.73 Å². The third-order valence-electron chi connectivity index (χ3n) is 2.48. The Morgan fingerprint density at radius 3 is 2.86 bits per heavy atom. The predicted molar refractivity (Wildman–Crippen MR) is 58.1 cm³/mol. The Kier molecular flexibility index (Phi) is 3.83. The van der Waals surface area contributed by atoms with E-state index in [1.807, 2.05) is 13.1 Å². The topological polar surface area (TPSA) is 55.0 Å². The van der Waals surface area contributed by atoms with E-state index in [1.165, 1.54) is 0 Å². The Hall–Kier alpha value is -1.16. The van der Waals surface area contributed by atoms with Crippen LogP contribution >= 0.6 is 0 Å². The van der Waals surface area contributed by atoms with Gasteiger partial charge in [0.2, 0.25) is 5.95 Å². The SMILES string of the molecule is CCC(C)N(C)c1nccc(CN)n1. The quantitative estimate of drug-likeness (QED) is 0.781. The molecule has 1 unspecified atom stereocenters. The van der Waals surface area contributed by atoms with Gasteiger partial charge in [-0.05, 0) is 19.4 Å². The van der Waals surface area contributed by atoms with Crippen LogP contribution in [0.5, 0.6) is 0 Å². The van der Waals surface area contributed by atoms with Gasteiger partial charge in [-0.2, -0.15) is 0 Å². The van der Waals surface area contributed by atoms with Crippen LogP contribution in [-0.4, -0.2) is 23.1 Å². The molecule has 1 heterocycles. The summed E-state index contributed by atoms with van der Waals surface area (Å²) in [5, 5.41) is 0. The first-order valence-electron chi connectivity index (χ1n) is 4.93. The minimum absolute atomic E-state index is 0.447. The minimum Gasteiger partial charge on any atom is -0.341 e. The molecule has 0 saturated heterocycles. The van der Waals surface area contributed by atoms with Crippen molar-refractivity contribution in [3.8, 4) is 0 Å². The molecule has 14 heavy (non-hydrogen) atoms. The van der Waals surface area contributed by atoms with Crippen molar-refractivity contribution < 1.29 is 0 Å². The summed E-state index contributed by atoms with van der Waals surface area (Å²) >= 11 is 0. The molecule has 0 saturated carbocycles. The van der Waals surface area contributed by atoms with E-state index in [9.17, 15) is 0 Å². The average Bonchev–Trinajstić information content (AvgIpc) is 2.27. The summed E-state index contributed by atoms with van der Waals surface area (Å²) in [5.41, 5.74) is 6.40. The molecule has 0 aliphatic rings. The van der Waals surface area contributed by atoms with Crippen molar-refractivity contribution in [2.45, 2.75) is 32.9 Å². The predicted octanol–water partition coefficient (Wildman–Crippen LogP) is 1.17. The van der Waals surface area contributed by atoms with Crippen LogP contribution in [0, 0.1) is 0 Å². The lowest BCUT2D eigenvalue weighted by Crippen LogP contribution is -2.29. The van der Waals surface area contributed by atoms with Gasteiger partial charge in [-0.1, -0.05) is 6.92 Å². The minimum atomic E-state index is 0.447. The van der Waals surface area contributed by atoms with Crippen LogP contribution in [0.2, 0.25) is 0 Å². The first-order valence-corrected chi connectivity index (χ1v) is 4.93. The summed E-state index contributed by atoms with van der Waals surface area (Å²) in [6, 6.07) is 2.29. The standard InChI is InChI=1S/C10H18N4/c1-4-8(2)14(3)10-12-6-5-9(7-11)13-10/h5-6,8H,4,7,11H2,1-3H3. The Morgan fingerprint density at radius 2 is 2.29 bits per heavy atom. The molecule has 0 fully saturated rings. The molecule has 2 N–H and O–H groups in total.